The Morgan fingerprint density at radius 3 is 2.76 bits per heavy atom. The van der Waals surface area contributed by atoms with Gasteiger partial charge in [0.15, 0.2) is 0 Å². The maximum Gasteiger partial charge on any atom is 0.410 e. The number of amides is 1. The molecule has 1 aliphatic rings. The van der Waals surface area contributed by atoms with Gasteiger partial charge < -0.3 is 15.0 Å². The highest BCUT2D eigenvalue weighted by Crippen LogP contribution is 2.26. The van der Waals surface area contributed by atoms with E-state index in [4.69, 9.17) is 16.3 Å². The molecule has 6 heteroatoms. The number of ether oxygens (including phenoxy) is 1. The molecule has 0 bridgehead atoms. The summed E-state index contributed by atoms with van der Waals surface area (Å²) < 4.78 is 6.24. The lowest BCUT2D eigenvalue weighted by Gasteiger charge is -2.40. The van der Waals surface area contributed by atoms with Crippen LogP contribution < -0.4 is 5.32 Å². The van der Waals surface area contributed by atoms with Gasteiger partial charge >= 0.3 is 6.09 Å². The standard InChI is InChI=1S/C15H20BrClN2O2/c1-15(2,3)21-14(20)19-8-11(9-19)18-7-10-5-4-6-12(17)13(10)16/h4-6,11,18H,7-9H2,1-3H3. The predicted octanol–water partition coefficient (Wildman–Crippen LogP) is 3.81. The highest BCUT2D eigenvalue weighted by molar-refractivity contribution is 9.10. The van der Waals surface area contributed by atoms with Crippen molar-refractivity contribution in [3.8, 4) is 0 Å². The molecule has 1 aliphatic heterocycles. The van der Waals surface area contributed by atoms with Crippen molar-refractivity contribution >= 4 is 33.6 Å². The Hall–Kier alpha value is -0.780. The van der Waals surface area contributed by atoms with Crippen LogP contribution in [-0.2, 0) is 11.3 Å². The van der Waals surface area contributed by atoms with Gasteiger partial charge in [-0.1, -0.05) is 23.7 Å². The molecule has 1 N–H and O–H groups in total. The van der Waals surface area contributed by atoms with Gasteiger partial charge in [0.25, 0.3) is 0 Å². The fourth-order valence-electron chi connectivity index (χ4n) is 2.02. The van der Waals surface area contributed by atoms with Crippen molar-refractivity contribution in [2.75, 3.05) is 13.1 Å². The van der Waals surface area contributed by atoms with Crippen LogP contribution in [0.2, 0.25) is 5.02 Å². The van der Waals surface area contributed by atoms with Gasteiger partial charge in [-0.3, -0.25) is 0 Å². The van der Waals surface area contributed by atoms with Gasteiger partial charge in [0.1, 0.15) is 5.60 Å². The van der Waals surface area contributed by atoms with Crippen LogP contribution in [-0.4, -0.2) is 35.7 Å². The van der Waals surface area contributed by atoms with E-state index in [-0.39, 0.29) is 6.09 Å². The smallest absolute Gasteiger partial charge is 0.410 e. The topological polar surface area (TPSA) is 41.6 Å². The number of halogens is 2. The van der Waals surface area contributed by atoms with Crippen molar-refractivity contribution in [1.29, 1.82) is 0 Å². The summed E-state index contributed by atoms with van der Waals surface area (Å²) in [6, 6.07) is 6.09. The number of carbonyl (C=O) groups excluding carboxylic acids is 1. The van der Waals surface area contributed by atoms with E-state index >= 15 is 0 Å². The fourth-order valence-corrected chi connectivity index (χ4v) is 2.62. The van der Waals surface area contributed by atoms with Crippen LogP contribution in [0.15, 0.2) is 22.7 Å². The summed E-state index contributed by atoms with van der Waals surface area (Å²) in [5, 5.41) is 4.12. The monoisotopic (exact) mass is 374 g/mol. The number of hydrogen-bond acceptors (Lipinski definition) is 3. The molecular weight excluding hydrogens is 356 g/mol. The average Bonchev–Trinajstić information content (AvgIpc) is 2.30. The number of nitrogens with zero attached hydrogens (tertiary/aromatic N) is 1. The molecular formula is C15H20BrClN2O2. The first-order chi connectivity index (χ1) is 9.76. The van der Waals surface area contributed by atoms with E-state index in [2.05, 4.69) is 21.2 Å². The van der Waals surface area contributed by atoms with Crippen LogP contribution >= 0.6 is 27.5 Å². The predicted molar refractivity (Wildman–Crippen MR) is 87.6 cm³/mol. The molecule has 1 aromatic carbocycles. The lowest BCUT2D eigenvalue weighted by atomic mass is 10.1. The molecule has 0 spiro atoms. The third kappa shape index (κ3) is 4.59. The molecule has 21 heavy (non-hydrogen) atoms. The first-order valence-corrected chi connectivity index (χ1v) is 8.07. The van der Waals surface area contributed by atoms with Crippen molar-refractivity contribution in [1.82, 2.24) is 10.2 Å². The van der Waals surface area contributed by atoms with Crippen LogP contribution in [0.1, 0.15) is 26.3 Å². The lowest BCUT2D eigenvalue weighted by molar-refractivity contribution is 0.00518. The third-order valence-corrected chi connectivity index (χ3v) is 4.63. The molecule has 1 fully saturated rings. The quantitative estimate of drug-likeness (QED) is 0.873. The summed E-state index contributed by atoms with van der Waals surface area (Å²) in [5.74, 6) is 0. The van der Waals surface area contributed by atoms with Crippen LogP contribution in [0, 0.1) is 0 Å². The second kappa shape index (κ2) is 6.55. The molecule has 0 atom stereocenters. The Kier molecular flexibility index (Phi) is 5.17. The zero-order valence-electron chi connectivity index (χ0n) is 12.5. The second-order valence-corrected chi connectivity index (χ2v) is 7.38. The van der Waals surface area contributed by atoms with E-state index in [9.17, 15) is 4.79 Å². The van der Waals surface area contributed by atoms with Crippen LogP contribution in [0.5, 0.6) is 0 Å². The normalized spacial score (nSPS) is 15.8. The zero-order valence-corrected chi connectivity index (χ0v) is 14.8. The molecule has 1 saturated heterocycles. The second-order valence-electron chi connectivity index (χ2n) is 6.18. The van der Waals surface area contributed by atoms with Crippen LogP contribution in [0.4, 0.5) is 4.79 Å². The van der Waals surface area contributed by atoms with Crippen LogP contribution in [0.25, 0.3) is 0 Å². The molecule has 1 heterocycles. The van der Waals surface area contributed by atoms with E-state index in [1.165, 1.54) is 0 Å². The van der Waals surface area contributed by atoms with E-state index in [0.29, 0.717) is 30.7 Å². The summed E-state index contributed by atoms with van der Waals surface area (Å²) in [5.41, 5.74) is 0.666. The lowest BCUT2D eigenvalue weighted by Crippen LogP contribution is -2.60. The minimum absolute atomic E-state index is 0.246. The maximum absolute atomic E-state index is 11.8. The van der Waals surface area contributed by atoms with Gasteiger partial charge in [0, 0.05) is 30.1 Å². The minimum atomic E-state index is -0.443. The zero-order chi connectivity index (χ0) is 15.6. The largest absolute Gasteiger partial charge is 0.444 e. The molecule has 1 aromatic rings. The van der Waals surface area contributed by atoms with Crippen molar-refractivity contribution < 1.29 is 9.53 Å². The third-order valence-electron chi connectivity index (χ3n) is 3.15. The molecule has 0 unspecified atom stereocenters. The first kappa shape index (κ1) is 16.6. The minimum Gasteiger partial charge on any atom is -0.444 e. The molecule has 2 rings (SSSR count). The van der Waals surface area contributed by atoms with Gasteiger partial charge in [-0.05, 0) is 48.3 Å². The molecule has 4 nitrogen and oxygen atoms in total. The number of hydrogen-bond donors (Lipinski definition) is 1. The van der Waals surface area contributed by atoms with Gasteiger partial charge in [-0.2, -0.15) is 0 Å². The van der Waals surface area contributed by atoms with E-state index in [0.717, 1.165) is 10.0 Å². The van der Waals surface area contributed by atoms with Gasteiger partial charge in [0.2, 0.25) is 0 Å². The van der Waals surface area contributed by atoms with Crippen molar-refractivity contribution in [3.05, 3.63) is 33.3 Å². The SMILES string of the molecule is CC(C)(C)OC(=O)N1CC(NCc2cccc(Cl)c2Br)C1. The van der Waals surface area contributed by atoms with Crippen LogP contribution in [0.3, 0.4) is 0 Å². The highest BCUT2D eigenvalue weighted by Gasteiger charge is 2.33. The Bertz CT molecular complexity index is 525. The summed E-state index contributed by atoms with van der Waals surface area (Å²) in [4.78, 5) is 13.5. The molecule has 0 aromatic heterocycles. The number of carbonyl (C=O) groups is 1. The maximum atomic E-state index is 11.8. The summed E-state index contributed by atoms with van der Waals surface area (Å²) >= 11 is 9.54. The van der Waals surface area contributed by atoms with Gasteiger partial charge in [-0.25, -0.2) is 4.79 Å². The Labute approximate surface area is 138 Å². The Morgan fingerprint density at radius 2 is 2.14 bits per heavy atom. The van der Waals surface area contributed by atoms with Crippen molar-refractivity contribution in [3.63, 3.8) is 0 Å². The average molecular weight is 376 g/mol. The van der Waals surface area contributed by atoms with E-state index < -0.39 is 5.60 Å². The fraction of sp³-hybridized carbons (Fsp3) is 0.533. The number of likely N-dealkylation sites (tertiary alicyclic amines) is 1. The number of rotatable bonds is 3. The summed E-state index contributed by atoms with van der Waals surface area (Å²) in [6.07, 6.45) is -0.246. The molecule has 116 valence electrons. The molecule has 0 radical (unpaired) electrons. The Morgan fingerprint density at radius 1 is 1.48 bits per heavy atom. The highest BCUT2D eigenvalue weighted by atomic mass is 79.9. The molecule has 0 aliphatic carbocycles. The summed E-state index contributed by atoms with van der Waals surface area (Å²) in [7, 11) is 0. The van der Waals surface area contributed by atoms with Gasteiger partial charge in [-0.15, -0.1) is 0 Å². The summed E-state index contributed by atoms with van der Waals surface area (Å²) in [6.45, 7) is 7.68. The van der Waals surface area contributed by atoms with Gasteiger partial charge in [0.05, 0.1) is 5.02 Å². The number of benzene rings is 1. The number of nitrogens with one attached hydrogen (secondary N) is 1. The first-order valence-electron chi connectivity index (χ1n) is 6.90. The van der Waals surface area contributed by atoms with E-state index in [1.807, 2.05) is 39.0 Å². The van der Waals surface area contributed by atoms with E-state index in [1.54, 1.807) is 4.90 Å². The molecule has 1 amide bonds. The molecule has 0 saturated carbocycles. The van der Waals surface area contributed by atoms with Crippen molar-refractivity contribution in [2.24, 2.45) is 0 Å². The Balaban J connectivity index is 1.76. The van der Waals surface area contributed by atoms with Crippen molar-refractivity contribution in [2.45, 2.75) is 39.0 Å².